The summed E-state index contributed by atoms with van der Waals surface area (Å²) in [4.78, 5) is 42.8. The first-order chi connectivity index (χ1) is 20.5. The number of carbonyl (C=O) groups excluding carboxylic acids is 2. The van der Waals surface area contributed by atoms with Crippen molar-refractivity contribution in [1.82, 2.24) is 9.80 Å². The Bertz CT molecular complexity index is 1770. The summed E-state index contributed by atoms with van der Waals surface area (Å²) in [6.07, 6.45) is -2.03. The van der Waals surface area contributed by atoms with E-state index in [2.05, 4.69) is 6.58 Å². The molecular formula is C31H24ClF3N2O6. The van der Waals surface area contributed by atoms with Gasteiger partial charge in [-0.05, 0) is 54.1 Å². The number of fused-ring (bicyclic) bond motifs is 2. The molecule has 1 aliphatic rings. The van der Waals surface area contributed by atoms with E-state index in [-0.39, 0.29) is 42.9 Å². The number of benzene rings is 3. The van der Waals surface area contributed by atoms with Gasteiger partial charge in [0.1, 0.15) is 12.1 Å². The summed E-state index contributed by atoms with van der Waals surface area (Å²) in [6.45, 7) is 2.85. The maximum Gasteiger partial charge on any atom is 0.416 e. The molecule has 1 aliphatic heterocycles. The predicted molar refractivity (Wildman–Crippen MR) is 152 cm³/mol. The van der Waals surface area contributed by atoms with Crippen LogP contribution in [0.15, 0.2) is 88.8 Å². The van der Waals surface area contributed by atoms with Gasteiger partial charge in [0.25, 0.3) is 5.91 Å². The van der Waals surface area contributed by atoms with Gasteiger partial charge >= 0.3 is 6.18 Å². The van der Waals surface area contributed by atoms with Gasteiger partial charge in [-0.15, -0.1) is 6.58 Å². The molecule has 0 radical (unpaired) electrons. The SMILES string of the molecule is C=CCN(CC(=O)N(Cc1ccc2c(c1)OCO2)Cc1coc2ccc(Cl)cc2c1=O)C(=O)c1cccc(C(F)(F)F)c1. The molecule has 3 aromatic carbocycles. The zero-order valence-electron chi connectivity index (χ0n) is 22.5. The van der Waals surface area contributed by atoms with Crippen LogP contribution in [0.5, 0.6) is 11.5 Å². The molecule has 4 aromatic rings. The molecule has 2 heterocycles. The summed E-state index contributed by atoms with van der Waals surface area (Å²) in [6, 6.07) is 13.7. The molecule has 2 amide bonds. The van der Waals surface area contributed by atoms with Crippen LogP contribution in [0, 0.1) is 0 Å². The Labute approximate surface area is 248 Å². The van der Waals surface area contributed by atoms with E-state index >= 15 is 0 Å². The van der Waals surface area contributed by atoms with Gasteiger partial charge in [-0.1, -0.05) is 29.8 Å². The van der Waals surface area contributed by atoms with Crippen molar-refractivity contribution in [3.8, 4) is 11.5 Å². The molecule has 0 spiro atoms. The highest BCUT2D eigenvalue weighted by Gasteiger charge is 2.32. The average molecular weight is 613 g/mol. The largest absolute Gasteiger partial charge is 0.464 e. The zero-order chi connectivity index (χ0) is 30.7. The summed E-state index contributed by atoms with van der Waals surface area (Å²) in [5.41, 5.74) is -0.505. The monoisotopic (exact) mass is 612 g/mol. The van der Waals surface area contributed by atoms with Gasteiger partial charge in [0.15, 0.2) is 16.9 Å². The fourth-order valence-corrected chi connectivity index (χ4v) is 4.77. The van der Waals surface area contributed by atoms with Crippen molar-refractivity contribution in [3.05, 3.63) is 117 Å². The molecule has 0 saturated heterocycles. The first-order valence-electron chi connectivity index (χ1n) is 13.0. The number of halogens is 4. The highest BCUT2D eigenvalue weighted by molar-refractivity contribution is 6.31. The van der Waals surface area contributed by atoms with Crippen LogP contribution in [-0.2, 0) is 24.1 Å². The number of alkyl halides is 3. The van der Waals surface area contributed by atoms with E-state index in [0.717, 1.165) is 23.1 Å². The van der Waals surface area contributed by atoms with Crippen molar-refractivity contribution in [2.75, 3.05) is 19.9 Å². The molecule has 8 nitrogen and oxygen atoms in total. The number of carbonyl (C=O) groups is 2. The van der Waals surface area contributed by atoms with Crippen molar-refractivity contribution >= 4 is 34.4 Å². The van der Waals surface area contributed by atoms with E-state index in [0.29, 0.717) is 27.7 Å². The molecule has 43 heavy (non-hydrogen) atoms. The Kier molecular flexibility index (Phi) is 8.45. The first-order valence-corrected chi connectivity index (χ1v) is 13.3. The Morgan fingerprint density at radius 1 is 0.977 bits per heavy atom. The number of amides is 2. The number of ether oxygens (including phenoxy) is 2. The minimum atomic E-state index is -4.65. The van der Waals surface area contributed by atoms with E-state index in [1.807, 2.05) is 0 Å². The summed E-state index contributed by atoms with van der Waals surface area (Å²) in [5.74, 6) is -0.344. The topological polar surface area (TPSA) is 89.3 Å². The van der Waals surface area contributed by atoms with E-state index < -0.39 is 35.5 Å². The maximum absolute atomic E-state index is 13.8. The fourth-order valence-electron chi connectivity index (χ4n) is 4.60. The third-order valence-electron chi connectivity index (χ3n) is 6.73. The fraction of sp³-hybridized carbons (Fsp3) is 0.194. The standard InChI is InChI=1S/C31H24ClF3N2O6/c1-2-10-36(30(40)20-4-3-5-22(12-20)31(33,34)35)16-28(38)37(14-19-6-8-26-27(11-19)43-18-42-26)15-21-17-41-25-9-7-23(32)13-24(25)29(21)39/h2-9,11-13,17H,1,10,14-16,18H2. The molecule has 1 aromatic heterocycles. The van der Waals surface area contributed by atoms with Crippen LogP contribution in [0.1, 0.15) is 27.0 Å². The minimum absolute atomic E-state index is 0.00216. The molecule has 222 valence electrons. The van der Waals surface area contributed by atoms with Gasteiger partial charge in [0.05, 0.1) is 29.3 Å². The Morgan fingerprint density at radius 3 is 2.53 bits per heavy atom. The molecule has 0 fully saturated rings. The van der Waals surface area contributed by atoms with Crippen LogP contribution in [0.25, 0.3) is 11.0 Å². The molecule has 0 bridgehead atoms. The van der Waals surface area contributed by atoms with Crippen LogP contribution in [0.4, 0.5) is 13.2 Å². The van der Waals surface area contributed by atoms with Gasteiger partial charge in [-0.2, -0.15) is 13.2 Å². The van der Waals surface area contributed by atoms with Crippen molar-refractivity contribution in [1.29, 1.82) is 0 Å². The Hall–Kier alpha value is -4.77. The Morgan fingerprint density at radius 2 is 1.77 bits per heavy atom. The van der Waals surface area contributed by atoms with Crippen LogP contribution < -0.4 is 14.9 Å². The van der Waals surface area contributed by atoms with E-state index in [4.69, 9.17) is 25.5 Å². The summed E-state index contributed by atoms with van der Waals surface area (Å²) < 4.78 is 56.3. The molecule has 0 N–H and O–H groups in total. The van der Waals surface area contributed by atoms with Crippen molar-refractivity contribution in [3.63, 3.8) is 0 Å². The number of nitrogens with zero attached hydrogens (tertiary/aromatic N) is 2. The van der Waals surface area contributed by atoms with Crippen LogP contribution in [0.2, 0.25) is 5.02 Å². The second-order valence-electron chi connectivity index (χ2n) is 9.72. The lowest BCUT2D eigenvalue weighted by Crippen LogP contribution is -2.43. The summed E-state index contributed by atoms with van der Waals surface area (Å²) >= 11 is 6.08. The lowest BCUT2D eigenvalue weighted by atomic mass is 10.1. The normalized spacial score (nSPS) is 12.3. The molecule has 0 unspecified atom stereocenters. The third kappa shape index (κ3) is 6.67. The van der Waals surface area contributed by atoms with Gasteiger partial charge in [-0.3, -0.25) is 14.4 Å². The van der Waals surface area contributed by atoms with Gasteiger partial charge in [-0.25, -0.2) is 0 Å². The Balaban J connectivity index is 1.45. The summed E-state index contributed by atoms with van der Waals surface area (Å²) in [5, 5.41) is 0.562. The molecular weight excluding hydrogens is 589 g/mol. The predicted octanol–water partition coefficient (Wildman–Crippen LogP) is 6.05. The smallest absolute Gasteiger partial charge is 0.416 e. The molecule has 0 saturated carbocycles. The number of rotatable bonds is 9. The van der Waals surface area contributed by atoms with E-state index in [1.54, 1.807) is 30.3 Å². The van der Waals surface area contributed by atoms with Crippen molar-refractivity contribution < 1.29 is 36.7 Å². The highest BCUT2D eigenvalue weighted by atomic mass is 35.5. The molecule has 0 aliphatic carbocycles. The van der Waals surface area contributed by atoms with Crippen LogP contribution in [-0.4, -0.2) is 41.5 Å². The first kappa shape index (κ1) is 29.7. The lowest BCUT2D eigenvalue weighted by Gasteiger charge is -2.27. The summed E-state index contributed by atoms with van der Waals surface area (Å²) in [7, 11) is 0. The second kappa shape index (κ2) is 12.2. The van der Waals surface area contributed by atoms with Crippen LogP contribution >= 0.6 is 11.6 Å². The van der Waals surface area contributed by atoms with E-state index in [1.165, 1.54) is 29.4 Å². The minimum Gasteiger partial charge on any atom is -0.464 e. The number of hydrogen-bond acceptors (Lipinski definition) is 6. The van der Waals surface area contributed by atoms with Gasteiger partial charge in [0.2, 0.25) is 12.7 Å². The van der Waals surface area contributed by atoms with Crippen molar-refractivity contribution in [2.24, 2.45) is 0 Å². The third-order valence-corrected chi connectivity index (χ3v) is 6.97. The van der Waals surface area contributed by atoms with Crippen molar-refractivity contribution in [2.45, 2.75) is 19.3 Å². The van der Waals surface area contributed by atoms with Crippen LogP contribution in [0.3, 0.4) is 0 Å². The quantitative estimate of drug-likeness (QED) is 0.214. The van der Waals surface area contributed by atoms with Gasteiger partial charge < -0.3 is 23.7 Å². The zero-order valence-corrected chi connectivity index (χ0v) is 23.3. The lowest BCUT2D eigenvalue weighted by molar-refractivity contribution is -0.137. The maximum atomic E-state index is 13.8. The molecule has 12 heteroatoms. The second-order valence-corrected chi connectivity index (χ2v) is 10.2. The number of hydrogen-bond donors (Lipinski definition) is 0. The average Bonchev–Trinajstić information content (AvgIpc) is 3.45. The molecule has 0 atom stereocenters. The molecule has 5 rings (SSSR count). The van der Waals surface area contributed by atoms with E-state index in [9.17, 15) is 27.6 Å². The highest BCUT2D eigenvalue weighted by Crippen LogP contribution is 2.33. The van der Waals surface area contributed by atoms with Gasteiger partial charge in [0, 0.05) is 23.7 Å².